The molecule has 4 rings (SSSR count). The Morgan fingerprint density at radius 3 is 3.00 bits per heavy atom. The van der Waals surface area contributed by atoms with E-state index in [0.29, 0.717) is 6.04 Å². The molecule has 2 fully saturated rings. The maximum absolute atomic E-state index is 12.6. The highest BCUT2D eigenvalue weighted by molar-refractivity contribution is 5.96. The van der Waals surface area contributed by atoms with Crippen LogP contribution >= 0.6 is 0 Å². The van der Waals surface area contributed by atoms with E-state index in [1.165, 1.54) is 18.4 Å². The van der Waals surface area contributed by atoms with Crippen molar-refractivity contribution in [2.45, 2.75) is 37.8 Å². The number of likely N-dealkylation sites (tertiary alicyclic amines) is 1. The molecule has 1 aromatic carbocycles. The van der Waals surface area contributed by atoms with Crippen molar-refractivity contribution in [3.63, 3.8) is 0 Å². The van der Waals surface area contributed by atoms with E-state index in [4.69, 9.17) is 0 Å². The lowest BCUT2D eigenvalue weighted by molar-refractivity contribution is -0.122. The number of carbonyl (C=O) groups is 1. The number of hydrogen-bond donors (Lipinski definition) is 2. The predicted molar refractivity (Wildman–Crippen MR) is 83.3 cm³/mol. The molecule has 3 unspecified atom stereocenters. The van der Waals surface area contributed by atoms with Gasteiger partial charge < -0.3 is 10.6 Å². The number of amides is 1. The fourth-order valence-corrected chi connectivity index (χ4v) is 4.21. The minimum atomic E-state index is 0.0407. The van der Waals surface area contributed by atoms with Gasteiger partial charge in [0, 0.05) is 24.8 Å². The van der Waals surface area contributed by atoms with Gasteiger partial charge in [0.2, 0.25) is 5.91 Å². The number of piperidine rings is 1. The lowest BCUT2D eigenvalue weighted by atomic mass is 9.91. The van der Waals surface area contributed by atoms with Crippen molar-refractivity contribution in [1.82, 2.24) is 10.2 Å². The number of aryl methyl sites for hydroxylation is 1. The molecule has 21 heavy (non-hydrogen) atoms. The number of para-hydroxylation sites is 1. The number of fused-ring (bicyclic) bond motifs is 2. The molecule has 1 amide bonds. The summed E-state index contributed by atoms with van der Waals surface area (Å²) in [7, 11) is 0. The lowest BCUT2D eigenvalue weighted by Gasteiger charge is -2.38. The molecule has 0 radical (unpaired) electrons. The average molecular weight is 285 g/mol. The molecule has 3 heterocycles. The molecule has 0 saturated carbocycles. The SMILES string of the molecule is O=C1Nc2ccccc2CCC1N1CCC2NCCC2C1. The van der Waals surface area contributed by atoms with Gasteiger partial charge in [-0.3, -0.25) is 9.69 Å². The molecule has 3 atom stereocenters. The summed E-state index contributed by atoms with van der Waals surface area (Å²) in [4.78, 5) is 15.0. The number of benzene rings is 1. The Labute approximate surface area is 125 Å². The first kappa shape index (κ1) is 13.3. The summed E-state index contributed by atoms with van der Waals surface area (Å²) in [5.41, 5.74) is 2.27. The van der Waals surface area contributed by atoms with Gasteiger partial charge >= 0.3 is 0 Å². The minimum Gasteiger partial charge on any atom is -0.324 e. The molecule has 3 aliphatic rings. The molecular formula is C17H23N3O. The number of rotatable bonds is 1. The number of carbonyl (C=O) groups excluding carboxylic acids is 1. The Bertz CT molecular complexity index is 545. The highest BCUT2D eigenvalue weighted by Gasteiger charge is 2.37. The lowest BCUT2D eigenvalue weighted by Crippen LogP contribution is -2.52. The van der Waals surface area contributed by atoms with E-state index in [1.807, 2.05) is 12.1 Å². The molecule has 1 aromatic rings. The number of anilines is 1. The van der Waals surface area contributed by atoms with Gasteiger partial charge in [-0.2, -0.15) is 0 Å². The van der Waals surface area contributed by atoms with E-state index in [2.05, 4.69) is 27.7 Å². The van der Waals surface area contributed by atoms with Crippen molar-refractivity contribution in [2.75, 3.05) is 25.0 Å². The summed E-state index contributed by atoms with van der Waals surface area (Å²) in [6, 6.07) is 8.93. The second-order valence-electron chi connectivity index (χ2n) is 6.59. The zero-order valence-corrected chi connectivity index (χ0v) is 12.3. The maximum atomic E-state index is 12.6. The first-order chi connectivity index (χ1) is 10.3. The Kier molecular flexibility index (Phi) is 3.43. The predicted octanol–water partition coefficient (Wildman–Crippen LogP) is 1.62. The first-order valence-corrected chi connectivity index (χ1v) is 8.17. The highest BCUT2D eigenvalue weighted by atomic mass is 16.2. The third-order valence-electron chi connectivity index (χ3n) is 5.39. The smallest absolute Gasteiger partial charge is 0.241 e. The van der Waals surface area contributed by atoms with Crippen LogP contribution in [0.15, 0.2) is 24.3 Å². The molecule has 2 saturated heterocycles. The minimum absolute atomic E-state index is 0.0407. The second kappa shape index (κ2) is 5.43. The molecule has 0 aliphatic carbocycles. The summed E-state index contributed by atoms with van der Waals surface area (Å²) in [5, 5.41) is 6.73. The summed E-state index contributed by atoms with van der Waals surface area (Å²) < 4.78 is 0. The van der Waals surface area contributed by atoms with Gasteiger partial charge in [0.05, 0.1) is 6.04 Å². The molecule has 0 spiro atoms. The average Bonchev–Trinajstić information content (AvgIpc) is 2.89. The van der Waals surface area contributed by atoms with Crippen LogP contribution in [-0.4, -0.2) is 42.5 Å². The number of hydrogen-bond acceptors (Lipinski definition) is 3. The standard InChI is InChI=1S/C17H23N3O/c21-17-16(6-5-12-3-1-2-4-15(12)19-17)20-10-8-14-13(11-20)7-9-18-14/h1-4,13-14,16,18H,5-11H2,(H,19,21). The quantitative estimate of drug-likeness (QED) is 0.824. The normalized spacial score (nSPS) is 33.0. The van der Waals surface area contributed by atoms with Gasteiger partial charge in [0.15, 0.2) is 0 Å². The Hall–Kier alpha value is -1.39. The molecular weight excluding hydrogens is 262 g/mol. The molecule has 3 aliphatic heterocycles. The summed E-state index contributed by atoms with van der Waals surface area (Å²) >= 11 is 0. The van der Waals surface area contributed by atoms with Gasteiger partial charge in [-0.25, -0.2) is 0 Å². The van der Waals surface area contributed by atoms with Gasteiger partial charge in [-0.1, -0.05) is 18.2 Å². The molecule has 4 heteroatoms. The van der Waals surface area contributed by atoms with Crippen LogP contribution in [0, 0.1) is 5.92 Å². The third-order valence-corrected chi connectivity index (χ3v) is 5.39. The zero-order chi connectivity index (χ0) is 14.2. The monoisotopic (exact) mass is 285 g/mol. The highest BCUT2D eigenvalue weighted by Crippen LogP contribution is 2.29. The number of nitrogens with zero attached hydrogens (tertiary/aromatic N) is 1. The van der Waals surface area contributed by atoms with Gasteiger partial charge in [0.25, 0.3) is 0 Å². The first-order valence-electron chi connectivity index (χ1n) is 8.17. The van der Waals surface area contributed by atoms with E-state index >= 15 is 0 Å². The van der Waals surface area contributed by atoms with Crippen LogP contribution in [-0.2, 0) is 11.2 Å². The maximum Gasteiger partial charge on any atom is 0.241 e. The fourth-order valence-electron chi connectivity index (χ4n) is 4.21. The fraction of sp³-hybridized carbons (Fsp3) is 0.588. The Morgan fingerprint density at radius 2 is 2.05 bits per heavy atom. The Balaban J connectivity index is 1.50. The van der Waals surface area contributed by atoms with Gasteiger partial charge in [-0.15, -0.1) is 0 Å². The van der Waals surface area contributed by atoms with Crippen LogP contribution < -0.4 is 10.6 Å². The van der Waals surface area contributed by atoms with E-state index in [1.54, 1.807) is 0 Å². The molecule has 4 nitrogen and oxygen atoms in total. The molecule has 0 aromatic heterocycles. The van der Waals surface area contributed by atoms with Crippen molar-refractivity contribution in [2.24, 2.45) is 5.92 Å². The van der Waals surface area contributed by atoms with Crippen molar-refractivity contribution >= 4 is 11.6 Å². The van der Waals surface area contributed by atoms with Crippen LogP contribution in [0.3, 0.4) is 0 Å². The summed E-state index contributed by atoms with van der Waals surface area (Å²) in [6.45, 7) is 3.26. The van der Waals surface area contributed by atoms with Crippen LogP contribution in [0.2, 0.25) is 0 Å². The van der Waals surface area contributed by atoms with E-state index in [-0.39, 0.29) is 11.9 Å². The molecule has 112 valence electrons. The molecule has 2 N–H and O–H groups in total. The van der Waals surface area contributed by atoms with Crippen molar-refractivity contribution in [3.05, 3.63) is 29.8 Å². The van der Waals surface area contributed by atoms with Gasteiger partial charge in [0.1, 0.15) is 0 Å². The van der Waals surface area contributed by atoms with E-state index < -0.39 is 0 Å². The topological polar surface area (TPSA) is 44.4 Å². The van der Waals surface area contributed by atoms with Crippen LogP contribution in [0.4, 0.5) is 5.69 Å². The second-order valence-corrected chi connectivity index (χ2v) is 6.59. The molecule has 0 bridgehead atoms. The largest absolute Gasteiger partial charge is 0.324 e. The van der Waals surface area contributed by atoms with Crippen molar-refractivity contribution in [3.8, 4) is 0 Å². The Morgan fingerprint density at radius 1 is 1.14 bits per heavy atom. The van der Waals surface area contributed by atoms with E-state index in [0.717, 1.165) is 44.1 Å². The van der Waals surface area contributed by atoms with Crippen LogP contribution in [0.5, 0.6) is 0 Å². The third kappa shape index (κ3) is 2.47. The summed E-state index contributed by atoms with van der Waals surface area (Å²) in [6.07, 6.45) is 4.37. The van der Waals surface area contributed by atoms with E-state index in [9.17, 15) is 4.79 Å². The van der Waals surface area contributed by atoms with Gasteiger partial charge in [-0.05, 0) is 49.8 Å². The number of nitrogens with one attached hydrogen (secondary N) is 2. The zero-order valence-electron chi connectivity index (χ0n) is 12.3. The van der Waals surface area contributed by atoms with Crippen LogP contribution in [0.25, 0.3) is 0 Å². The van der Waals surface area contributed by atoms with Crippen LogP contribution in [0.1, 0.15) is 24.8 Å². The van der Waals surface area contributed by atoms with Crippen molar-refractivity contribution < 1.29 is 4.79 Å². The van der Waals surface area contributed by atoms with Crippen molar-refractivity contribution in [1.29, 1.82) is 0 Å². The summed E-state index contributed by atoms with van der Waals surface area (Å²) in [5.74, 6) is 0.918.